The standard InChI is InChI=1S/C17H20N2O4S2/c1-3-21-14(20)12-9-24-13(18-12)11-8-25-15(19-11)16(2)10-22-17(23-16)6-4-5-7-17/h8-9H,3-7,10H2,1-2H3/t16-/m0/s1. The van der Waals surface area contributed by atoms with Gasteiger partial charge in [-0.15, -0.1) is 22.7 Å². The predicted molar refractivity (Wildman–Crippen MR) is 94.8 cm³/mol. The zero-order chi connectivity index (χ0) is 17.5. The van der Waals surface area contributed by atoms with Gasteiger partial charge in [0.15, 0.2) is 11.5 Å². The van der Waals surface area contributed by atoms with E-state index in [4.69, 9.17) is 19.2 Å². The number of aromatic nitrogens is 2. The van der Waals surface area contributed by atoms with Crippen LogP contribution in [0, 0.1) is 0 Å². The first kappa shape index (κ1) is 17.1. The van der Waals surface area contributed by atoms with Gasteiger partial charge in [0.25, 0.3) is 0 Å². The minimum absolute atomic E-state index is 0.327. The maximum atomic E-state index is 11.8. The molecule has 0 N–H and O–H groups in total. The van der Waals surface area contributed by atoms with Gasteiger partial charge in [0.2, 0.25) is 0 Å². The van der Waals surface area contributed by atoms with Gasteiger partial charge < -0.3 is 14.2 Å². The molecule has 134 valence electrons. The summed E-state index contributed by atoms with van der Waals surface area (Å²) in [5, 5.41) is 5.26. The molecule has 1 aliphatic heterocycles. The van der Waals surface area contributed by atoms with Crippen LogP contribution in [0.5, 0.6) is 0 Å². The van der Waals surface area contributed by atoms with Crippen LogP contribution in [0.1, 0.15) is 55.0 Å². The third kappa shape index (κ3) is 3.12. The highest BCUT2D eigenvalue weighted by atomic mass is 32.1. The van der Waals surface area contributed by atoms with Gasteiger partial charge in [-0.05, 0) is 26.7 Å². The molecule has 1 saturated carbocycles. The van der Waals surface area contributed by atoms with Crippen molar-refractivity contribution < 1.29 is 19.0 Å². The quantitative estimate of drug-likeness (QED) is 0.748. The fraction of sp³-hybridized carbons (Fsp3) is 0.588. The molecular weight excluding hydrogens is 360 g/mol. The summed E-state index contributed by atoms with van der Waals surface area (Å²) in [5.41, 5.74) is 0.569. The van der Waals surface area contributed by atoms with Gasteiger partial charge >= 0.3 is 5.97 Å². The lowest BCUT2D eigenvalue weighted by Crippen LogP contribution is -2.30. The molecule has 8 heteroatoms. The normalized spacial score (nSPS) is 24.9. The second-order valence-electron chi connectivity index (χ2n) is 6.54. The Kier molecular flexibility index (Phi) is 4.39. The van der Waals surface area contributed by atoms with Crippen molar-refractivity contribution in [1.82, 2.24) is 9.97 Å². The first-order chi connectivity index (χ1) is 12.0. The minimum Gasteiger partial charge on any atom is -0.461 e. The number of esters is 1. The van der Waals surface area contributed by atoms with Crippen molar-refractivity contribution in [1.29, 1.82) is 0 Å². The van der Waals surface area contributed by atoms with E-state index in [0.717, 1.165) is 36.4 Å². The minimum atomic E-state index is -0.519. The van der Waals surface area contributed by atoms with Gasteiger partial charge in [-0.1, -0.05) is 0 Å². The average Bonchev–Trinajstić information content (AvgIpc) is 3.35. The fourth-order valence-electron chi connectivity index (χ4n) is 3.31. The number of ether oxygens (including phenoxy) is 3. The summed E-state index contributed by atoms with van der Waals surface area (Å²) >= 11 is 2.94. The summed E-state index contributed by atoms with van der Waals surface area (Å²) in [6, 6.07) is 0. The molecule has 2 aromatic heterocycles. The summed E-state index contributed by atoms with van der Waals surface area (Å²) < 4.78 is 17.3. The van der Waals surface area contributed by atoms with Crippen LogP contribution < -0.4 is 0 Å². The molecule has 0 aromatic carbocycles. The summed E-state index contributed by atoms with van der Waals surface area (Å²) in [6.07, 6.45) is 4.20. The Labute approximate surface area is 154 Å². The molecule has 2 aromatic rings. The van der Waals surface area contributed by atoms with Crippen molar-refractivity contribution >= 4 is 28.6 Å². The lowest BCUT2D eigenvalue weighted by atomic mass is 10.1. The highest BCUT2D eigenvalue weighted by Gasteiger charge is 2.51. The van der Waals surface area contributed by atoms with Crippen LogP contribution in [0.25, 0.3) is 10.7 Å². The zero-order valence-corrected chi connectivity index (χ0v) is 15.9. The Morgan fingerprint density at radius 1 is 1.28 bits per heavy atom. The fourth-order valence-corrected chi connectivity index (χ4v) is 5.02. The van der Waals surface area contributed by atoms with Crippen molar-refractivity contribution in [3.05, 3.63) is 21.5 Å². The van der Waals surface area contributed by atoms with Crippen LogP contribution in [0.2, 0.25) is 0 Å². The summed E-state index contributed by atoms with van der Waals surface area (Å²) in [4.78, 5) is 20.8. The van der Waals surface area contributed by atoms with Crippen LogP contribution >= 0.6 is 22.7 Å². The molecule has 4 rings (SSSR count). The van der Waals surface area contributed by atoms with Crippen molar-refractivity contribution in [2.75, 3.05) is 13.2 Å². The topological polar surface area (TPSA) is 70.5 Å². The van der Waals surface area contributed by atoms with Gasteiger partial charge in [-0.25, -0.2) is 14.8 Å². The highest BCUT2D eigenvalue weighted by Crippen LogP contribution is 2.47. The van der Waals surface area contributed by atoms with Crippen LogP contribution in [0.4, 0.5) is 0 Å². The molecule has 1 atom stereocenters. The second-order valence-corrected chi connectivity index (χ2v) is 8.25. The van der Waals surface area contributed by atoms with Crippen molar-refractivity contribution in [3.8, 4) is 10.7 Å². The van der Waals surface area contributed by atoms with E-state index in [9.17, 15) is 4.79 Å². The van der Waals surface area contributed by atoms with E-state index in [2.05, 4.69) is 4.98 Å². The maximum absolute atomic E-state index is 11.8. The molecular formula is C17H20N2O4S2. The van der Waals surface area contributed by atoms with Crippen molar-refractivity contribution in [3.63, 3.8) is 0 Å². The number of carbonyl (C=O) groups is 1. The first-order valence-corrected chi connectivity index (χ1v) is 10.2. The third-order valence-corrected chi connectivity index (χ3v) is 6.50. The Morgan fingerprint density at radius 3 is 2.84 bits per heavy atom. The number of hydrogen-bond acceptors (Lipinski definition) is 8. The molecule has 0 bridgehead atoms. The number of hydrogen-bond donors (Lipinski definition) is 0. The third-order valence-electron chi connectivity index (χ3n) is 4.55. The Bertz CT molecular complexity index is 781. The molecule has 6 nitrogen and oxygen atoms in total. The van der Waals surface area contributed by atoms with E-state index in [0.29, 0.717) is 23.9 Å². The largest absolute Gasteiger partial charge is 0.461 e. The number of rotatable bonds is 4. The Balaban J connectivity index is 1.53. The second kappa shape index (κ2) is 6.42. The lowest BCUT2D eigenvalue weighted by Gasteiger charge is -2.25. The number of carbonyl (C=O) groups excluding carboxylic acids is 1. The number of thiazole rings is 2. The van der Waals surface area contributed by atoms with Gasteiger partial charge in [0, 0.05) is 23.6 Å². The zero-order valence-electron chi connectivity index (χ0n) is 14.2. The average molecular weight is 380 g/mol. The maximum Gasteiger partial charge on any atom is 0.357 e. The Morgan fingerprint density at radius 2 is 2.08 bits per heavy atom. The van der Waals surface area contributed by atoms with Crippen LogP contribution in [0.15, 0.2) is 10.8 Å². The highest BCUT2D eigenvalue weighted by molar-refractivity contribution is 7.14. The van der Waals surface area contributed by atoms with Gasteiger partial charge in [-0.3, -0.25) is 0 Å². The van der Waals surface area contributed by atoms with Crippen LogP contribution in [-0.4, -0.2) is 34.9 Å². The lowest BCUT2D eigenvalue weighted by molar-refractivity contribution is -0.180. The van der Waals surface area contributed by atoms with Gasteiger partial charge in [0.1, 0.15) is 21.3 Å². The van der Waals surface area contributed by atoms with E-state index in [1.165, 1.54) is 11.3 Å². The molecule has 0 unspecified atom stereocenters. The van der Waals surface area contributed by atoms with E-state index < -0.39 is 17.4 Å². The predicted octanol–water partition coefficient (Wildman–Crippen LogP) is 3.98. The molecule has 25 heavy (non-hydrogen) atoms. The van der Waals surface area contributed by atoms with E-state index in [1.807, 2.05) is 12.3 Å². The van der Waals surface area contributed by atoms with E-state index >= 15 is 0 Å². The SMILES string of the molecule is CCOC(=O)c1csc(-c2csc([C@]3(C)COC4(CCCC4)O3)n2)n1. The van der Waals surface area contributed by atoms with Crippen LogP contribution in [-0.2, 0) is 19.8 Å². The molecule has 1 aliphatic carbocycles. The summed E-state index contributed by atoms with van der Waals surface area (Å²) in [7, 11) is 0. The molecule has 1 spiro atoms. The molecule has 2 aliphatic rings. The number of nitrogens with zero attached hydrogens (tertiary/aromatic N) is 2. The smallest absolute Gasteiger partial charge is 0.357 e. The van der Waals surface area contributed by atoms with Crippen molar-refractivity contribution in [2.45, 2.75) is 50.9 Å². The summed E-state index contributed by atoms with van der Waals surface area (Å²) in [6.45, 7) is 4.67. The van der Waals surface area contributed by atoms with Crippen LogP contribution in [0.3, 0.4) is 0 Å². The summed E-state index contributed by atoms with van der Waals surface area (Å²) in [5.74, 6) is -0.818. The Hall–Kier alpha value is -1.35. The van der Waals surface area contributed by atoms with E-state index in [1.54, 1.807) is 23.6 Å². The van der Waals surface area contributed by atoms with Crippen molar-refractivity contribution in [2.24, 2.45) is 0 Å². The van der Waals surface area contributed by atoms with Gasteiger partial charge in [0.05, 0.1) is 13.2 Å². The van der Waals surface area contributed by atoms with Gasteiger partial charge in [-0.2, -0.15) is 0 Å². The van der Waals surface area contributed by atoms with E-state index in [-0.39, 0.29) is 0 Å². The molecule has 0 radical (unpaired) electrons. The first-order valence-electron chi connectivity index (χ1n) is 8.47. The monoisotopic (exact) mass is 380 g/mol. The molecule has 2 fully saturated rings. The molecule has 0 amide bonds. The molecule has 3 heterocycles. The molecule has 1 saturated heterocycles.